The molecule has 1 aromatic heterocycles. The first-order valence-electron chi connectivity index (χ1n) is 8.07. The molecule has 0 aliphatic carbocycles. The SMILES string of the molecule is N#C/C(=C\c1ccc(-c2ccccc2C(F)(F)F)o1)C(=O)N1CCCC1. The average molecular weight is 360 g/mol. The maximum atomic E-state index is 13.1. The highest BCUT2D eigenvalue weighted by molar-refractivity contribution is 6.01. The first kappa shape index (κ1) is 17.8. The van der Waals surface area contributed by atoms with Gasteiger partial charge in [-0.1, -0.05) is 18.2 Å². The molecule has 0 unspecified atom stereocenters. The molecule has 1 amide bonds. The van der Waals surface area contributed by atoms with Crippen LogP contribution in [0.1, 0.15) is 24.2 Å². The van der Waals surface area contributed by atoms with Crippen LogP contribution < -0.4 is 0 Å². The molecule has 0 atom stereocenters. The Kier molecular flexibility index (Phi) is 4.85. The minimum absolute atomic E-state index is 0.0232. The van der Waals surface area contributed by atoms with E-state index in [1.807, 2.05) is 6.07 Å². The number of alkyl halides is 3. The zero-order valence-electron chi connectivity index (χ0n) is 13.7. The quantitative estimate of drug-likeness (QED) is 0.598. The number of hydrogen-bond donors (Lipinski definition) is 0. The van der Waals surface area contributed by atoms with E-state index < -0.39 is 17.6 Å². The van der Waals surface area contributed by atoms with Crippen LogP contribution in [0.25, 0.3) is 17.4 Å². The van der Waals surface area contributed by atoms with Gasteiger partial charge in [-0.2, -0.15) is 18.4 Å². The third-order valence-corrected chi connectivity index (χ3v) is 4.16. The smallest absolute Gasteiger partial charge is 0.417 e. The van der Waals surface area contributed by atoms with E-state index in [-0.39, 0.29) is 22.7 Å². The van der Waals surface area contributed by atoms with Gasteiger partial charge >= 0.3 is 6.18 Å². The van der Waals surface area contributed by atoms with Crippen molar-refractivity contribution in [2.45, 2.75) is 19.0 Å². The van der Waals surface area contributed by atoms with Crippen molar-refractivity contribution in [3.63, 3.8) is 0 Å². The summed E-state index contributed by atoms with van der Waals surface area (Å²) in [5, 5.41) is 9.24. The molecule has 0 radical (unpaired) electrons. The third kappa shape index (κ3) is 3.64. The number of carbonyl (C=O) groups excluding carboxylic acids is 1. The number of nitrogens with zero attached hydrogens (tertiary/aromatic N) is 2. The molecule has 0 bridgehead atoms. The maximum absolute atomic E-state index is 13.1. The molecular formula is C19H15F3N2O2. The van der Waals surface area contributed by atoms with Gasteiger partial charge in [0.2, 0.25) is 0 Å². The monoisotopic (exact) mass is 360 g/mol. The predicted octanol–water partition coefficient (Wildman–Crippen LogP) is 4.49. The van der Waals surface area contributed by atoms with Crippen molar-refractivity contribution in [1.82, 2.24) is 4.90 Å². The van der Waals surface area contributed by atoms with E-state index in [4.69, 9.17) is 4.42 Å². The summed E-state index contributed by atoms with van der Waals surface area (Å²) in [5.41, 5.74) is -1.00. The zero-order chi connectivity index (χ0) is 18.7. The predicted molar refractivity (Wildman–Crippen MR) is 88.6 cm³/mol. The van der Waals surface area contributed by atoms with Gasteiger partial charge < -0.3 is 9.32 Å². The van der Waals surface area contributed by atoms with Crippen LogP contribution in [-0.2, 0) is 11.0 Å². The molecule has 26 heavy (non-hydrogen) atoms. The van der Waals surface area contributed by atoms with Crippen LogP contribution in [0.3, 0.4) is 0 Å². The second-order valence-corrected chi connectivity index (χ2v) is 5.91. The Morgan fingerprint density at radius 2 is 1.85 bits per heavy atom. The van der Waals surface area contributed by atoms with E-state index in [0.717, 1.165) is 18.9 Å². The van der Waals surface area contributed by atoms with Crippen LogP contribution in [0.15, 0.2) is 46.4 Å². The minimum atomic E-state index is -4.51. The molecule has 1 fully saturated rings. The Morgan fingerprint density at radius 1 is 1.15 bits per heavy atom. The number of nitriles is 1. The Hall–Kier alpha value is -3.01. The number of benzene rings is 1. The van der Waals surface area contributed by atoms with Crippen molar-refractivity contribution in [2.24, 2.45) is 0 Å². The third-order valence-electron chi connectivity index (χ3n) is 4.16. The first-order valence-corrected chi connectivity index (χ1v) is 8.07. The first-order chi connectivity index (χ1) is 12.4. The maximum Gasteiger partial charge on any atom is 0.417 e. The van der Waals surface area contributed by atoms with Crippen LogP contribution in [-0.4, -0.2) is 23.9 Å². The molecule has 4 nitrogen and oxygen atoms in total. The summed E-state index contributed by atoms with van der Waals surface area (Å²) in [6.45, 7) is 1.19. The Morgan fingerprint density at radius 3 is 2.50 bits per heavy atom. The summed E-state index contributed by atoms with van der Waals surface area (Å²) in [6.07, 6.45) is -1.46. The van der Waals surface area contributed by atoms with Gasteiger partial charge in [0.05, 0.1) is 5.56 Å². The van der Waals surface area contributed by atoms with E-state index in [0.29, 0.717) is 13.1 Å². The highest BCUT2D eigenvalue weighted by atomic mass is 19.4. The van der Waals surface area contributed by atoms with Crippen molar-refractivity contribution >= 4 is 12.0 Å². The van der Waals surface area contributed by atoms with Crippen molar-refractivity contribution < 1.29 is 22.4 Å². The molecule has 1 saturated heterocycles. The summed E-state index contributed by atoms with van der Waals surface area (Å²) >= 11 is 0. The van der Waals surface area contributed by atoms with Gasteiger partial charge in [-0.15, -0.1) is 0 Å². The van der Waals surface area contributed by atoms with Gasteiger partial charge in [-0.25, -0.2) is 0 Å². The zero-order valence-corrected chi connectivity index (χ0v) is 13.7. The van der Waals surface area contributed by atoms with Crippen LogP contribution in [0.4, 0.5) is 13.2 Å². The Labute approximate surface area is 148 Å². The lowest BCUT2D eigenvalue weighted by Crippen LogP contribution is -2.28. The van der Waals surface area contributed by atoms with Crippen molar-refractivity contribution in [2.75, 3.05) is 13.1 Å². The van der Waals surface area contributed by atoms with Gasteiger partial charge in [-0.05, 0) is 31.0 Å². The fraction of sp³-hybridized carbons (Fsp3) is 0.263. The highest BCUT2D eigenvalue weighted by Crippen LogP contribution is 2.37. The highest BCUT2D eigenvalue weighted by Gasteiger charge is 2.34. The lowest BCUT2D eigenvalue weighted by Gasteiger charge is -2.13. The van der Waals surface area contributed by atoms with Crippen LogP contribution >= 0.6 is 0 Å². The molecule has 134 valence electrons. The van der Waals surface area contributed by atoms with Crippen molar-refractivity contribution in [1.29, 1.82) is 5.26 Å². The van der Waals surface area contributed by atoms with E-state index in [9.17, 15) is 23.2 Å². The molecule has 7 heteroatoms. The van der Waals surface area contributed by atoms with Crippen molar-refractivity contribution in [3.8, 4) is 17.4 Å². The largest absolute Gasteiger partial charge is 0.457 e. The van der Waals surface area contributed by atoms with E-state index in [1.54, 1.807) is 4.90 Å². The molecule has 0 N–H and O–H groups in total. The van der Waals surface area contributed by atoms with Crippen LogP contribution in [0.2, 0.25) is 0 Å². The number of halogens is 3. The molecule has 3 rings (SSSR count). The molecular weight excluding hydrogens is 345 g/mol. The van der Waals surface area contributed by atoms with Gasteiger partial charge in [0.25, 0.3) is 5.91 Å². The minimum Gasteiger partial charge on any atom is -0.457 e. The lowest BCUT2D eigenvalue weighted by molar-refractivity contribution is -0.137. The second kappa shape index (κ2) is 7.08. The molecule has 2 aromatic rings. The molecule has 0 spiro atoms. The van der Waals surface area contributed by atoms with Gasteiger partial charge in [0.1, 0.15) is 23.2 Å². The number of amides is 1. The van der Waals surface area contributed by atoms with E-state index >= 15 is 0 Å². The Balaban J connectivity index is 1.91. The van der Waals surface area contributed by atoms with Crippen molar-refractivity contribution in [3.05, 3.63) is 53.3 Å². The number of carbonyl (C=O) groups is 1. The standard InChI is InChI=1S/C19H15F3N2O2/c20-19(21,22)16-6-2-1-5-15(16)17-8-7-14(26-17)11-13(12-23)18(25)24-9-3-4-10-24/h1-2,5-8,11H,3-4,9-10H2/b13-11+. The summed E-state index contributed by atoms with van der Waals surface area (Å²) < 4.78 is 44.9. The molecule has 2 heterocycles. The fourth-order valence-corrected chi connectivity index (χ4v) is 2.89. The van der Waals surface area contributed by atoms with Gasteiger partial charge in [0, 0.05) is 24.7 Å². The van der Waals surface area contributed by atoms with Gasteiger partial charge in [0.15, 0.2) is 0 Å². The topological polar surface area (TPSA) is 57.2 Å². The number of furan rings is 1. The molecule has 1 aliphatic heterocycles. The molecule has 0 saturated carbocycles. The summed E-state index contributed by atoms with van der Waals surface area (Å²) in [7, 11) is 0. The lowest BCUT2D eigenvalue weighted by atomic mass is 10.1. The normalized spacial score (nSPS) is 15.2. The van der Waals surface area contributed by atoms with Crippen LogP contribution in [0.5, 0.6) is 0 Å². The number of hydrogen-bond acceptors (Lipinski definition) is 3. The number of rotatable bonds is 3. The Bertz CT molecular complexity index is 885. The summed E-state index contributed by atoms with van der Waals surface area (Å²) in [6, 6.07) is 9.76. The van der Waals surface area contributed by atoms with Gasteiger partial charge in [-0.3, -0.25) is 4.79 Å². The second-order valence-electron chi connectivity index (χ2n) is 5.91. The summed E-state index contributed by atoms with van der Waals surface area (Å²) in [4.78, 5) is 13.9. The number of likely N-dealkylation sites (tertiary alicyclic amines) is 1. The van der Waals surface area contributed by atoms with E-state index in [2.05, 4.69) is 0 Å². The van der Waals surface area contributed by atoms with E-state index in [1.165, 1.54) is 36.4 Å². The van der Waals surface area contributed by atoms with Crippen LogP contribution in [0, 0.1) is 11.3 Å². The summed E-state index contributed by atoms with van der Waals surface area (Å²) in [5.74, 6) is -0.213. The molecule has 1 aliphatic rings. The molecule has 1 aromatic carbocycles. The fourth-order valence-electron chi connectivity index (χ4n) is 2.89. The average Bonchev–Trinajstić information content (AvgIpc) is 3.30.